The minimum atomic E-state index is -0.211. The number of amides is 1. The summed E-state index contributed by atoms with van der Waals surface area (Å²) in [5, 5.41) is 15.9. The van der Waals surface area contributed by atoms with Gasteiger partial charge >= 0.3 is 0 Å². The summed E-state index contributed by atoms with van der Waals surface area (Å²) in [6.45, 7) is 2.62. The summed E-state index contributed by atoms with van der Waals surface area (Å²) in [5.41, 5.74) is 1.82. The molecule has 4 aromatic rings. The first-order chi connectivity index (χ1) is 17.2. The summed E-state index contributed by atoms with van der Waals surface area (Å²) in [6, 6.07) is 19.4. The smallest absolute Gasteiger partial charge is 0.236 e. The van der Waals surface area contributed by atoms with E-state index in [0.29, 0.717) is 48.5 Å². The Balaban J connectivity index is 1.26. The van der Waals surface area contributed by atoms with E-state index in [0.717, 1.165) is 16.3 Å². The number of carbonyl (C=O) groups is 1. The first kappa shape index (κ1) is 23.1. The average molecular weight is 507 g/mol. The molecule has 0 saturated carbocycles. The lowest BCUT2D eigenvalue weighted by atomic mass is 10.2. The Labute approximate surface area is 210 Å². The fourth-order valence-corrected chi connectivity index (χ4v) is 4.67. The van der Waals surface area contributed by atoms with Crippen molar-refractivity contribution in [1.82, 2.24) is 25.1 Å². The Bertz CT molecular complexity index is 1270. The van der Waals surface area contributed by atoms with Gasteiger partial charge in [0.25, 0.3) is 0 Å². The molecule has 12 heteroatoms. The second-order valence-electron chi connectivity index (χ2n) is 7.45. The standard InChI is InChI=1S/C23H22N8O2S2/c32-18(25-23-30-29-19(35-23)16-7-3-1-4-8-16)15-34-22-27-20(24-17-9-5-2-6-10-17)26-21(28-22)31-11-13-33-14-12-31/h1-10H,11-15H2,(H,25,30,32)(H,24,26,27,28). The van der Waals surface area contributed by atoms with Crippen molar-refractivity contribution < 1.29 is 9.53 Å². The molecule has 0 spiro atoms. The van der Waals surface area contributed by atoms with E-state index in [-0.39, 0.29) is 11.7 Å². The summed E-state index contributed by atoms with van der Waals surface area (Å²) in [7, 11) is 0. The van der Waals surface area contributed by atoms with Crippen LogP contribution in [0.15, 0.2) is 65.8 Å². The Morgan fingerprint density at radius 2 is 1.71 bits per heavy atom. The second-order valence-corrected chi connectivity index (χ2v) is 9.37. The van der Waals surface area contributed by atoms with Gasteiger partial charge in [-0.1, -0.05) is 71.6 Å². The van der Waals surface area contributed by atoms with Crippen molar-refractivity contribution in [2.75, 3.05) is 47.6 Å². The number of hydrogen-bond acceptors (Lipinski definition) is 11. The number of para-hydroxylation sites is 1. The van der Waals surface area contributed by atoms with Crippen LogP contribution in [0, 0.1) is 0 Å². The summed E-state index contributed by atoms with van der Waals surface area (Å²) in [6.07, 6.45) is 0. The van der Waals surface area contributed by atoms with Crippen molar-refractivity contribution in [3.63, 3.8) is 0 Å². The van der Waals surface area contributed by atoms with Crippen LogP contribution in [-0.4, -0.2) is 63.1 Å². The zero-order chi connectivity index (χ0) is 23.9. The monoisotopic (exact) mass is 506 g/mol. The fourth-order valence-electron chi connectivity index (χ4n) is 3.28. The van der Waals surface area contributed by atoms with E-state index in [1.807, 2.05) is 60.7 Å². The number of rotatable bonds is 8. The maximum absolute atomic E-state index is 12.6. The maximum atomic E-state index is 12.6. The molecule has 1 aliphatic heterocycles. The van der Waals surface area contributed by atoms with Crippen molar-refractivity contribution in [2.24, 2.45) is 0 Å². The molecule has 5 rings (SSSR count). The van der Waals surface area contributed by atoms with Crippen LogP contribution in [0.4, 0.5) is 22.7 Å². The molecule has 1 amide bonds. The summed E-state index contributed by atoms with van der Waals surface area (Å²) in [5.74, 6) is 0.891. The number of nitrogens with one attached hydrogen (secondary N) is 2. The van der Waals surface area contributed by atoms with Crippen LogP contribution in [0.25, 0.3) is 10.6 Å². The Morgan fingerprint density at radius 1 is 0.971 bits per heavy atom. The Hall–Kier alpha value is -3.61. The molecule has 0 aliphatic carbocycles. The highest BCUT2D eigenvalue weighted by Crippen LogP contribution is 2.26. The van der Waals surface area contributed by atoms with Crippen LogP contribution in [0.1, 0.15) is 0 Å². The van der Waals surface area contributed by atoms with Crippen molar-refractivity contribution in [2.45, 2.75) is 5.16 Å². The third-order valence-electron chi connectivity index (χ3n) is 4.95. The summed E-state index contributed by atoms with van der Waals surface area (Å²) >= 11 is 2.57. The summed E-state index contributed by atoms with van der Waals surface area (Å²) < 4.78 is 5.45. The van der Waals surface area contributed by atoms with E-state index in [4.69, 9.17) is 4.74 Å². The number of thioether (sulfide) groups is 1. The van der Waals surface area contributed by atoms with Gasteiger partial charge < -0.3 is 15.0 Å². The highest BCUT2D eigenvalue weighted by atomic mass is 32.2. The number of aromatic nitrogens is 5. The van der Waals surface area contributed by atoms with Crippen molar-refractivity contribution >= 4 is 51.7 Å². The fraction of sp³-hybridized carbons (Fsp3) is 0.217. The number of nitrogens with zero attached hydrogens (tertiary/aromatic N) is 6. The normalized spacial score (nSPS) is 13.4. The van der Waals surface area contributed by atoms with E-state index in [1.54, 1.807) is 0 Å². The molecule has 2 aromatic carbocycles. The predicted octanol–water partition coefficient (Wildman–Crippen LogP) is 3.70. The SMILES string of the molecule is O=C(CSc1nc(Nc2ccccc2)nc(N2CCOCC2)n1)Nc1nnc(-c2ccccc2)s1. The first-order valence-corrected chi connectivity index (χ1v) is 12.8. The van der Waals surface area contributed by atoms with Gasteiger partial charge in [-0.3, -0.25) is 10.1 Å². The van der Waals surface area contributed by atoms with Crippen LogP contribution >= 0.6 is 23.1 Å². The molecule has 2 aromatic heterocycles. The maximum Gasteiger partial charge on any atom is 0.236 e. The van der Waals surface area contributed by atoms with E-state index in [1.165, 1.54) is 23.1 Å². The summed E-state index contributed by atoms with van der Waals surface area (Å²) in [4.78, 5) is 28.3. The Kier molecular flexibility index (Phi) is 7.41. The Morgan fingerprint density at radius 3 is 2.49 bits per heavy atom. The highest BCUT2D eigenvalue weighted by Gasteiger charge is 2.18. The molecular formula is C23H22N8O2S2. The first-order valence-electron chi connectivity index (χ1n) is 11.0. The number of hydrogen-bond donors (Lipinski definition) is 2. The van der Waals surface area contributed by atoms with Crippen LogP contribution in [0.5, 0.6) is 0 Å². The minimum absolute atomic E-state index is 0.123. The largest absolute Gasteiger partial charge is 0.378 e. The number of carbonyl (C=O) groups excluding carboxylic acids is 1. The zero-order valence-corrected chi connectivity index (χ0v) is 20.3. The van der Waals surface area contributed by atoms with Crippen molar-refractivity contribution in [3.05, 3.63) is 60.7 Å². The van der Waals surface area contributed by atoms with Crippen LogP contribution in [0.2, 0.25) is 0 Å². The lowest BCUT2D eigenvalue weighted by Gasteiger charge is -2.27. The third-order valence-corrected chi connectivity index (χ3v) is 6.69. The van der Waals surface area contributed by atoms with Gasteiger partial charge in [0.05, 0.1) is 19.0 Å². The van der Waals surface area contributed by atoms with Gasteiger partial charge in [-0.15, -0.1) is 10.2 Å². The number of morpholine rings is 1. The van der Waals surface area contributed by atoms with Crippen molar-refractivity contribution in [3.8, 4) is 10.6 Å². The number of ether oxygens (including phenoxy) is 1. The van der Waals surface area contributed by atoms with Gasteiger partial charge in [0, 0.05) is 24.3 Å². The molecule has 1 saturated heterocycles. The molecule has 2 N–H and O–H groups in total. The van der Waals surface area contributed by atoms with Crippen molar-refractivity contribution in [1.29, 1.82) is 0 Å². The third kappa shape index (κ3) is 6.29. The molecule has 1 aliphatic rings. The minimum Gasteiger partial charge on any atom is -0.378 e. The van der Waals surface area contributed by atoms with Gasteiger partial charge in [0.1, 0.15) is 5.01 Å². The molecule has 0 atom stereocenters. The van der Waals surface area contributed by atoms with E-state index < -0.39 is 0 Å². The molecule has 35 heavy (non-hydrogen) atoms. The quantitative estimate of drug-likeness (QED) is 0.343. The average Bonchev–Trinajstić information content (AvgIpc) is 3.37. The molecule has 0 bridgehead atoms. The number of anilines is 4. The topological polar surface area (TPSA) is 118 Å². The van der Waals surface area contributed by atoms with Gasteiger partial charge in [-0.2, -0.15) is 15.0 Å². The molecule has 10 nitrogen and oxygen atoms in total. The predicted molar refractivity (Wildman–Crippen MR) is 137 cm³/mol. The lowest BCUT2D eigenvalue weighted by molar-refractivity contribution is -0.113. The van der Waals surface area contributed by atoms with E-state index in [2.05, 4.69) is 40.7 Å². The van der Waals surface area contributed by atoms with Crippen LogP contribution in [-0.2, 0) is 9.53 Å². The van der Waals surface area contributed by atoms with Gasteiger partial charge in [-0.05, 0) is 12.1 Å². The van der Waals surface area contributed by atoms with Gasteiger partial charge in [0.2, 0.25) is 22.9 Å². The zero-order valence-electron chi connectivity index (χ0n) is 18.6. The molecule has 0 radical (unpaired) electrons. The van der Waals surface area contributed by atoms with Gasteiger partial charge in [0.15, 0.2) is 5.16 Å². The van der Waals surface area contributed by atoms with Crippen LogP contribution in [0.3, 0.4) is 0 Å². The lowest BCUT2D eigenvalue weighted by Crippen LogP contribution is -2.37. The van der Waals surface area contributed by atoms with E-state index in [9.17, 15) is 4.79 Å². The second kappa shape index (κ2) is 11.2. The highest BCUT2D eigenvalue weighted by molar-refractivity contribution is 7.99. The molecule has 178 valence electrons. The van der Waals surface area contributed by atoms with Crippen LogP contribution < -0.4 is 15.5 Å². The van der Waals surface area contributed by atoms with Gasteiger partial charge in [-0.25, -0.2) is 0 Å². The molecule has 0 unspecified atom stereocenters. The molecule has 3 heterocycles. The van der Waals surface area contributed by atoms with E-state index >= 15 is 0 Å². The molecular weight excluding hydrogens is 484 g/mol. The number of benzene rings is 2. The molecule has 1 fully saturated rings.